The third-order valence-electron chi connectivity index (χ3n) is 5.90. The molecule has 0 bridgehead atoms. The average molecular weight is 530 g/mol. The molecule has 0 aliphatic heterocycles. The summed E-state index contributed by atoms with van der Waals surface area (Å²) in [5, 5.41) is 2.24. The molecule has 0 saturated heterocycles. The summed E-state index contributed by atoms with van der Waals surface area (Å²) in [6.45, 7) is 2.10. The molecule has 1 saturated carbocycles. The SMILES string of the molecule is CC(C)(F)C(=O)Nc1cc(Oc2cc(F)c(N(C(=O)C3(C(N)=O)CC3)c3ccc(F)cc3)cc2F)ccn1. The smallest absolute Gasteiger partial charge is 0.262 e. The van der Waals surface area contributed by atoms with Crippen molar-refractivity contribution in [3.05, 3.63) is 72.2 Å². The maximum atomic E-state index is 15.4. The van der Waals surface area contributed by atoms with Gasteiger partial charge in [-0.3, -0.25) is 19.3 Å². The van der Waals surface area contributed by atoms with Crippen molar-refractivity contribution in [2.45, 2.75) is 32.4 Å². The number of halogens is 4. The molecule has 0 atom stereocenters. The van der Waals surface area contributed by atoms with Gasteiger partial charge in [-0.05, 0) is 57.0 Å². The topological polar surface area (TPSA) is 115 Å². The van der Waals surface area contributed by atoms with Gasteiger partial charge in [-0.1, -0.05) is 0 Å². The number of hydrogen-bond acceptors (Lipinski definition) is 5. The van der Waals surface area contributed by atoms with Gasteiger partial charge in [-0.15, -0.1) is 0 Å². The van der Waals surface area contributed by atoms with Crippen LogP contribution >= 0.6 is 0 Å². The molecule has 0 spiro atoms. The Labute approximate surface area is 214 Å². The Balaban J connectivity index is 1.67. The highest BCUT2D eigenvalue weighted by molar-refractivity contribution is 6.16. The Morgan fingerprint density at radius 1 is 1.03 bits per heavy atom. The Kier molecular flexibility index (Phi) is 6.83. The van der Waals surface area contributed by atoms with Gasteiger partial charge in [0, 0.05) is 30.1 Å². The number of alkyl halides is 1. The van der Waals surface area contributed by atoms with Crippen LogP contribution in [0.3, 0.4) is 0 Å². The molecular weight excluding hydrogens is 508 g/mol. The van der Waals surface area contributed by atoms with Crippen LogP contribution in [-0.2, 0) is 14.4 Å². The van der Waals surface area contributed by atoms with Crippen molar-refractivity contribution >= 4 is 34.9 Å². The lowest BCUT2D eigenvalue weighted by Gasteiger charge is -2.27. The lowest BCUT2D eigenvalue weighted by molar-refractivity contribution is -0.133. The number of carbonyl (C=O) groups excluding carboxylic acids is 3. The molecule has 3 amide bonds. The summed E-state index contributed by atoms with van der Waals surface area (Å²) >= 11 is 0. The fraction of sp³-hybridized carbons (Fsp3) is 0.231. The number of rotatable bonds is 8. The van der Waals surface area contributed by atoms with Crippen molar-refractivity contribution in [1.29, 1.82) is 0 Å². The Morgan fingerprint density at radius 3 is 2.26 bits per heavy atom. The molecule has 3 aromatic rings. The van der Waals surface area contributed by atoms with Gasteiger partial charge in [0.25, 0.3) is 5.91 Å². The van der Waals surface area contributed by atoms with E-state index in [0.717, 1.165) is 30.9 Å². The van der Waals surface area contributed by atoms with Crippen molar-refractivity contribution in [2.75, 3.05) is 10.2 Å². The second-order valence-corrected chi connectivity index (χ2v) is 9.20. The molecule has 3 N–H and O–H groups in total. The van der Waals surface area contributed by atoms with Crippen molar-refractivity contribution in [1.82, 2.24) is 4.98 Å². The first kappa shape index (κ1) is 26.6. The summed E-state index contributed by atoms with van der Waals surface area (Å²) in [4.78, 5) is 41.8. The predicted molar refractivity (Wildman–Crippen MR) is 129 cm³/mol. The fourth-order valence-electron chi connectivity index (χ4n) is 3.56. The van der Waals surface area contributed by atoms with E-state index in [-0.39, 0.29) is 30.1 Å². The number of primary amides is 1. The second kappa shape index (κ2) is 9.77. The van der Waals surface area contributed by atoms with Crippen molar-refractivity contribution < 1.29 is 36.7 Å². The molecule has 38 heavy (non-hydrogen) atoms. The van der Waals surface area contributed by atoms with E-state index in [0.29, 0.717) is 12.1 Å². The van der Waals surface area contributed by atoms with Gasteiger partial charge in [-0.2, -0.15) is 0 Å². The third kappa shape index (κ3) is 5.29. The first-order valence-electron chi connectivity index (χ1n) is 11.4. The molecule has 4 rings (SSSR count). The van der Waals surface area contributed by atoms with Crippen LogP contribution in [0, 0.1) is 22.9 Å². The van der Waals surface area contributed by atoms with E-state index in [1.807, 2.05) is 0 Å². The van der Waals surface area contributed by atoms with E-state index in [1.165, 1.54) is 30.5 Å². The first-order chi connectivity index (χ1) is 17.8. The monoisotopic (exact) mass is 530 g/mol. The zero-order valence-electron chi connectivity index (χ0n) is 20.2. The Hall–Kier alpha value is -4.48. The molecule has 1 aliphatic rings. The number of nitrogens with one attached hydrogen (secondary N) is 1. The van der Waals surface area contributed by atoms with Crippen LogP contribution in [0.1, 0.15) is 26.7 Å². The molecule has 0 unspecified atom stereocenters. The number of pyridine rings is 1. The van der Waals surface area contributed by atoms with Crippen molar-refractivity contribution in [2.24, 2.45) is 11.1 Å². The average Bonchev–Trinajstić information content (AvgIpc) is 3.65. The molecule has 1 aliphatic carbocycles. The highest BCUT2D eigenvalue weighted by Crippen LogP contribution is 2.49. The minimum Gasteiger partial charge on any atom is -0.454 e. The van der Waals surface area contributed by atoms with Crippen LogP contribution in [0.4, 0.5) is 34.8 Å². The van der Waals surface area contributed by atoms with Gasteiger partial charge >= 0.3 is 0 Å². The van der Waals surface area contributed by atoms with Crippen LogP contribution in [0.5, 0.6) is 11.5 Å². The van der Waals surface area contributed by atoms with E-state index in [2.05, 4.69) is 10.3 Å². The highest BCUT2D eigenvalue weighted by atomic mass is 19.1. The standard InChI is InChI=1S/C26H22F4N4O4/c1-25(2,30)23(36)33-21-11-16(7-10-32-21)38-20-13-17(28)19(12-18(20)29)34(15-5-3-14(27)4-6-15)24(37)26(8-9-26)22(31)35/h3-7,10-13H,8-9H2,1-2H3,(H2,31,35)(H,32,33,36). The number of amides is 3. The quantitative estimate of drug-likeness (QED) is 0.317. The van der Waals surface area contributed by atoms with Crippen LogP contribution in [0.2, 0.25) is 0 Å². The maximum absolute atomic E-state index is 15.4. The molecule has 2 aromatic carbocycles. The molecule has 12 heteroatoms. The number of benzene rings is 2. The largest absolute Gasteiger partial charge is 0.454 e. The summed E-state index contributed by atoms with van der Waals surface area (Å²) < 4.78 is 63.2. The van der Waals surface area contributed by atoms with Crippen molar-refractivity contribution in [3.8, 4) is 11.5 Å². The minimum atomic E-state index is -2.19. The van der Waals surface area contributed by atoms with Gasteiger partial charge in [-0.25, -0.2) is 22.5 Å². The van der Waals surface area contributed by atoms with Gasteiger partial charge in [0.2, 0.25) is 11.8 Å². The maximum Gasteiger partial charge on any atom is 0.262 e. The van der Waals surface area contributed by atoms with Crippen LogP contribution in [0.25, 0.3) is 0 Å². The zero-order chi connectivity index (χ0) is 27.8. The predicted octanol–water partition coefficient (Wildman–Crippen LogP) is 4.91. The van der Waals surface area contributed by atoms with Crippen LogP contribution < -0.4 is 20.7 Å². The zero-order valence-corrected chi connectivity index (χ0v) is 20.2. The lowest BCUT2D eigenvalue weighted by atomic mass is 10.0. The van der Waals surface area contributed by atoms with E-state index >= 15 is 8.78 Å². The fourth-order valence-corrected chi connectivity index (χ4v) is 3.56. The number of anilines is 3. The Morgan fingerprint density at radius 2 is 1.68 bits per heavy atom. The third-order valence-corrected chi connectivity index (χ3v) is 5.90. The number of nitrogens with zero attached hydrogens (tertiary/aromatic N) is 2. The van der Waals surface area contributed by atoms with Crippen LogP contribution in [-0.4, -0.2) is 28.4 Å². The van der Waals surface area contributed by atoms with E-state index in [4.69, 9.17) is 10.5 Å². The molecule has 1 fully saturated rings. The second-order valence-electron chi connectivity index (χ2n) is 9.20. The minimum absolute atomic E-state index is 0.0128. The number of hydrogen-bond donors (Lipinski definition) is 2. The number of aromatic nitrogens is 1. The molecule has 198 valence electrons. The van der Waals surface area contributed by atoms with Gasteiger partial charge < -0.3 is 15.8 Å². The Bertz CT molecular complexity index is 1420. The molecule has 8 nitrogen and oxygen atoms in total. The summed E-state index contributed by atoms with van der Waals surface area (Å²) in [7, 11) is 0. The van der Waals surface area contributed by atoms with Gasteiger partial charge in [0.05, 0.1) is 5.69 Å². The molecular formula is C26H22F4N4O4. The molecule has 1 heterocycles. The number of carbonyl (C=O) groups is 3. The summed E-state index contributed by atoms with van der Waals surface area (Å²) in [6, 6.07) is 8.24. The normalized spacial score (nSPS) is 13.9. The van der Waals surface area contributed by atoms with Crippen molar-refractivity contribution in [3.63, 3.8) is 0 Å². The van der Waals surface area contributed by atoms with E-state index in [9.17, 15) is 23.2 Å². The summed E-state index contributed by atoms with van der Waals surface area (Å²) in [6.07, 6.45) is 1.46. The van der Waals surface area contributed by atoms with Gasteiger partial charge in [0.15, 0.2) is 23.1 Å². The number of nitrogens with two attached hydrogens (primary N) is 1. The molecule has 0 radical (unpaired) electrons. The van der Waals surface area contributed by atoms with Crippen LogP contribution in [0.15, 0.2) is 54.7 Å². The summed E-state index contributed by atoms with van der Waals surface area (Å²) in [5.74, 6) is -6.31. The van der Waals surface area contributed by atoms with E-state index < -0.39 is 57.7 Å². The van der Waals surface area contributed by atoms with E-state index in [1.54, 1.807) is 0 Å². The number of ether oxygens (including phenoxy) is 1. The van der Waals surface area contributed by atoms with Gasteiger partial charge in [0.1, 0.15) is 22.8 Å². The first-order valence-corrected chi connectivity index (χ1v) is 11.4. The molecule has 1 aromatic heterocycles. The lowest BCUT2D eigenvalue weighted by Crippen LogP contribution is -2.41. The highest BCUT2D eigenvalue weighted by Gasteiger charge is 2.57. The summed E-state index contributed by atoms with van der Waals surface area (Å²) in [5.41, 5.74) is 1.07.